The summed E-state index contributed by atoms with van der Waals surface area (Å²) in [6, 6.07) is 9.76. The van der Waals surface area contributed by atoms with Crippen LogP contribution in [0.3, 0.4) is 0 Å². The standard InChI is InChI=1S/C16H24N2/c1-13-11-17-9-10-18(13)12-15-7-4-6-14-5-2-3-8-16(14)15/h2-3,5,8,13,15,17H,4,6-7,9-12H2,1H3/t13-,15?/m1/s1. The Balaban J connectivity index is 1.73. The summed E-state index contributed by atoms with van der Waals surface area (Å²) in [6.45, 7) is 7.10. The number of hydrogen-bond donors (Lipinski definition) is 1. The van der Waals surface area contributed by atoms with Crippen LogP contribution in [-0.4, -0.2) is 37.1 Å². The van der Waals surface area contributed by atoms with Crippen LogP contribution in [0.4, 0.5) is 0 Å². The van der Waals surface area contributed by atoms with Gasteiger partial charge in [-0.25, -0.2) is 0 Å². The molecule has 0 spiro atoms. The van der Waals surface area contributed by atoms with Gasteiger partial charge >= 0.3 is 0 Å². The summed E-state index contributed by atoms with van der Waals surface area (Å²) >= 11 is 0. The normalized spacial score (nSPS) is 28.9. The molecular formula is C16H24N2. The molecule has 0 aromatic heterocycles. The van der Waals surface area contributed by atoms with Crippen LogP contribution < -0.4 is 5.32 Å². The minimum absolute atomic E-state index is 0.688. The van der Waals surface area contributed by atoms with Gasteiger partial charge in [0, 0.05) is 32.2 Å². The molecule has 0 radical (unpaired) electrons. The molecule has 1 unspecified atom stereocenters. The maximum Gasteiger partial charge on any atom is 0.0193 e. The molecule has 18 heavy (non-hydrogen) atoms. The van der Waals surface area contributed by atoms with Crippen molar-refractivity contribution in [1.82, 2.24) is 10.2 Å². The SMILES string of the molecule is C[C@@H]1CNCCN1CC1CCCc2ccccc21. The van der Waals surface area contributed by atoms with Crippen molar-refractivity contribution in [1.29, 1.82) is 0 Å². The number of nitrogens with zero attached hydrogens (tertiary/aromatic N) is 1. The Kier molecular flexibility index (Phi) is 3.67. The Labute approximate surface area is 110 Å². The molecule has 2 nitrogen and oxygen atoms in total. The predicted molar refractivity (Wildman–Crippen MR) is 76.0 cm³/mol. The molecule has 2 heteroatoms. The van der Waals surface area contributed by atoms with E-state index in [2.05, 4.69) is 41.4 Å². The molecule has 1 heterocycles. The van der Waals surface area contributed by atoms with Crippen molar-refractivity contribution < 1.29 is 0 Å². The lowest BCUT2D eigenvalue weighted by Gasteiger charge is -2.38. The lowest BCUT2D eigenvalue weighted by Crippen LogP contribution is -2.51. The maximum atomic E-state index is 3.48. The minimum atomic E-state index is 0.688. The second-order valence-corrected chi connectivity index (χ2v) is 5.84. The second kappa shape index (κ2) is 5.41. The van der Waals surface area contributed by atoms with Crippen LogP contribution in [0.25, 0.3) is 0 Å². The molecule has 1 aliphatic heterocycles. The highest BCUT2D eigenvalue weighted by Gasteiger charge is 2.25. The number of piperazine rings is 1. The predicted octanol–water partition coefficient (Wildman–Crippen LogP) is 2.40. The highest BCUT2D eigenvalue weighted by molar-refractivity contribution is 5.32. The summed E-state index contributed by atoms with van der Waals surface area (Å²) in [7, 11) is 0. The number of hydrogen-bond acceptors (Lipinski definition) is 2. The van der Waals surface area contributed by atoms with Gasteiger partial charge in [0.25, 0.3) is 0 Å². The molecule has 1 aliphatic carbocycles. The van der Waals surface area contributed by atoms with E-state index in [1.165, 1.54) is 32.4 Å². The van der Waals surface area contributed by atoms with E-state index < -0.39 is 0 Å². The van der Waals surface area contributed by atoms with Gasteiger partial charge in [-0.05, 0) is 43.2 Å². The Bertz CT molecular complexity index is 402. The van der Waals surface area contributed by atoms with Gasteiger partial charge in [0.15, 0.2) is 0 Å². The molecule has 0 bridgehead atoms. The molecular weight excluding hydrogens is 220 g/mol. The fourth-order valence-electron chi connectivity index (χ4n) is 3.48. The summed E-state index contributed by atoms with van der Waals surface area (Å²) < 4.78 is 0. The first kappa shape index (κ1) is 12.2. The number of benzene rings is 1. The molecule has 2 aliphatic rings. The molecule has 98 valence electrons. The van der Waals surface area contributed by atoms with Crippen molar-refractivity contribution >= 4 is 0 Å². The largest absolute Gasteiger partial charge is 0.314 e. The molecule has 1 fully saturated rings. The molecule has 1 saturated heterocycles. The minimum Gasteiger partial charge on any atom is -0.314 e. The first-order chi connectivity index (χ1) is 8.84. The third-order valence-corrected chi connectivity index (χ3v) is 4.59. The van der Waals surface area contributed by atoms with Gasteiger partial charge in [0.05, 0.1) is 0 Å². The van der Waals surface area contributed by atoms with E-state index >= 15 is 0 Å². The van der Waals surface area contributed by atoms with Gasteiger partial charge < -0.3 is 5.32 Å². The quantitative estimate of drug-likeness (QED) is 0.859. The smallest absolute Gasteiger partial charge is 0.0193 e. The molecule has 1 N–H and O–H groups in total. The summed E-state index contributed by atoms with van der Waals surface area (Å²) in [5, 5.41) is 3.48. The first-order valence-corrected chi connectivity index (χ1v) is 7.37. The van der Waals surface area contributed by atoms with Crippen LogP contribution in [0.15, 0.2) is 24.3 Å². The number of rotatable bonds is 2. The number of nitrogens with one attached hydrogen (secondary N) is 1. The fourth-order valence-corrected chi connectivity index (χ4v) is 3.48. The average molecular weight is 244 g/mol. The van der Waals surface area contributed by atoms with Crippen LogP contribution in [0, 0.1) is 0 Å². The van der Waals surface area contributed by atoms with Gasteiger partial charge in [-0.15, -0.1) is 0 Å². The first-order valence-electron chi connectivity index (χ1n) is 7.37. The van der Waals surface area contributed by atoms with E-state index in [1.807, 2.05) is 0 Å². The Morgan fingerprint density at radius 1 is 1.33 bits per heavy atom. The van der Waals surface area contributed by atoms with Crippen molar-refractivity contribution in [2.24, 2.45) is 0 Å². The van der Waals surface area contributed by atoms with Gasteiger partial charge in [-0.3, -0.25) is 4.90 Å². The van der Waals surface area contributed by atoms with Crippen LogP contribution in [0.1, 0.15) is 36.8 Å². The third-order valence-electron chi connectivity index (χ3n) is 4.59. The molecule has 0 amide bonds. The zero-order valence-corrected chi connectivity index (χ0v) is 11.4. The highest BCUT2D eigenvalue weighted by Crippen LogP contribution is 2.32. The van der Waals surface area contributed by atoms with E-state index in [1.54, 1.807) is 11.1 Å². The fraction of sp³-hybridized carbons (Fsp3) is 0.625. The van der Waals surface area contributed by atoms with Crippen molar-refractivity contribution in [2.45, 2.75) is 38.1 Å². The van der Waals surface area contributed by atoms with Crippen LogP contribution in [0.2, 0.25) is 0 Å². The maximum absolute atomic E-state index is 3.48. The van der Waals surface area contributed by atoms with E-state index in [9.17, 15) is 0 Å². The topological polar surface area (TPSA) is 15.3 Å². The van der Waals surface area contributed by atoms with Crippen molar-refractivity contribution in [3.05, 3.63) is 35.4 Å². The monoisotopic (exact) mass is 244 g/mol. The van der Waals surface area contributed by atoms with E-state index in [0.29, 0.717) is 6.04 Å². The summed E-state index contributed by atoms with van der Waals surface area (Å²) in [6.07, 6.45) is 4.01. The van der Waals surface area contributed by atoms with Gasteiger partial charge in [0.2, 0.25) is 0 Å². The lowest BCUT2D eigenvalue weighted by molar-refractivity contribution is 0.159. The van der Waals surface area contributed by atoms with Crippen LogP contribution >= 0.6 is 0 Å². The van der Waals surface area contributed by atoms with E-state index in [0.717, 1.165) is 19.0 Å². The number of fused-ring (bicyclic) bond motifs is 1. The Morgan fingerprint density at radius 3 is 3.11 bits per heavy atom. The van der Waals surface area contributed by atoms with E-state index in [4.69, 9.17) is 0 Å². The Hall–Kier alpha value is -0.860. The summed E-state index contributed by atoms with van der Waals surface area (Å²) in [5.74, 6) is 0.760. The van der Waals surface area contributed by atoms with Crippen molar-refractivity contribution in [2.75, 3.05) is 26.2 Å². The summed E-state index contributed by atoms with van der Waals surface area (Å²) in [4.78, 5) is 2.67. The average Bonchev–Trinajstić information content (AvgIpc) is 2.42. The molecule has 2 atom stereocenters. The molecule has 1 aromatic carbocycles. The molecule has 3 rings (SSSR count). The molecule has 0 saturated carbocycles. The molecule has 1 aromatic rings. The third kappa shape index (κ3) is 2.45. The van der Waals surface area contributed by atoms with Crippen LogP contribution in [-0.2, 0) is 6.42 Å². The summed E-state index contributed by atoms with van der Waals surface area (Å²) in [5.41, 5.74) is 3.21. The van der Waals surface area contributed by atoms with E-state index in [-0.39, 0.29) is 0 Å². The zero-order chi connectivity index (χ0) is 12.4. The second-order valence-electron chi connectivity index (χ2n) is 5.84. The van der Waals surface area contributed by atoms with Gasteiger partial charge in [-0.1, -0.05) is 24.3 Å². The zero-order valence-electron chi connectivity index (χ0n) is 11.4. The Morgan fingerprint density at radius 2 is 2.22 bits per heavy atom. The highest BCUT2D eigenvalue weighted by atomic mass is 15.2. The van der Waals surface area contributed by atoms with Gasteiger partial charge in [-0.2, -0.15) is 0 Å². The number of aryl methyl sites for hydroxylation is 1. The van der Waals surface area contributed by atoms with Crippen molar-refractivity contribution in [3.63, 3.8) is 0 Å². The van der Waals surface area contributed by atoms with Crippen molar-refractivity contribution in [3.8, 4) is 0 Å². The van der Waals surface area contributed by atoms with Gasteiger partial charge in [0.1, 0.15) is 0 Å². The van der Waals surface area contributed by atoms with Crippen LogP contribution in [0.5, 0.6) is 0 Å². The lowest BCUT2D eigenvalue weighted by atomic mass is 9.82.